The first-order valence-corrected chi connectivity index (χ1v) is 5.19. The van der Waals surface area contributed by atoms with E-state index in [0.29, 0.717) is 16.3 Å². The van der Waals surface area contributed by atoms with E-state index in [1.807, 2.05) is 7.05 Å². The van der Waals surface area contributed by atoms with E-state index >= 15 is 0 Å². The van der Waals surface area contributed by atoms with E-state index < -0.39 is 0 Å². The molecule has 2 rings (SSSR count). The molecule has 0 aromatic carbocycles. The van der Waals surface area contributed by atoms with Gasteiger partial charge < -0.3 is 14.6 Å². The van der Waals surface area contributed by atoms with Crippen LogP contribution >= 0.6 is 28.3 Å². The van der Waals surface area contributed by atoms with Crippen LogP contribution in [0.3, 0.4) is 0 Å². The molecule has 1 aliphatic heterocycles. The maximum Gasteiger partial charge on any atom is 0.257 e. The molecule has 1 amide bonds. The Kier molecular flexibility index (Phi) is 4.19. The van der Waals surface area contributed by atoms with Gasteiger partial charge >= 0.3 is 0 Å². The molecule has 2 heterocycles. The molecule has 4 nitrogen and oxygen atoms in total. The van der Waals surface area contributed by atoms with Crippen LogP contribution in [0.15, 0.2) is 21.4 Å². The van der Waals surface area contributed by atoms with Crippen molar-refractivity contribution < 1.29 is 9.21 Å². The van der Waals surface area contributed by atoms with Crippen LogP contribution < -0.4 is 5.32 Å². The minimum Gasteiger partial charge on any atom is -0.457 e. The van der Waals surface area contributed by atoms with E-state index in [0.717, 1.165) is 13.1 Å². The molecular weight excluding hydrogens is 283 g/mol. The van der Waals surface area contributed by atoms with Crippen LogP contribution in [0.25, 0.3) is 0 Å². The molecule has 1 fully saturated rings. The Bertz CT molecular complexity index is 352. The van der Waals surface area contributed by atoms with E-state index in [-0.39, 0.29) is 18.3 Å². The number of nitrogens with one attached hydrogen (secondary N) is 1. The Hall–Kier alpha value is -0.520. The maximum atomic E-state index is 11.8. The molecule has 6 heteroatoms. The molecule has 0 bridgehead atoms. The fourth-order valence-corrected chi connectivity index (χ4v) is 1.68. The molecule has 1 aromatic heterocycles. The van der Waals surface area contributed by atoms with Gasteiger partial charge in [-0.15, -0.1) is 12.4 Å². The number of carbonyl (C=O) groups excluding carboxylic acids is 1. The van der Waals surface area contributed by atoms with Gasteiger partial charge in [0, 0.05) is 26.2 Å². The zero-order valence-corrected chi connectivity index (χ0v) is 10.6. The van der Waals surface area contributed by atoms with Crippen molar-refractivity contribution in [1.82, 2.24) is 10.2 Å². The molecule has 0 saturated carbocycles. The first kappa shape index (κ1) is 12.5. The Morgan fingerprint density at radius 3 is 2.73 bits per heavy atom. The lowest BCUT2D eigenvalue weighted by Crippen LogP contribution is -2.57. The Morgan fingerprint density at radius 2 is 2.33 bits per heavy atom. The number of rotatable bonds is 2. The monoisotopic (exact) mass is 294 g/mol. The van der Waals surface area contributed by atoms with Crippen LogP contribution in [0.2, 0.25) is 0 Å². The molecule has 1 aromatic rings. The third-order valence-corrected chi connectivity index (χ3v) is 2.86. The highest BCUT2D eigenvalue weighted by molar-refractivity contribution is 9.10. The molecule has 0 radical (unpaired) electrons. The molecule has 0 atom stereocenters. The molecular formula is C9H12BrClN2O2. The van der Waals surface area contributed by atoms with E-state index in [2.05, 4.69) is 21.2 Å². The normalized spacial score (nSPS) is 15.3. The van der Waals surface area contributed by atoms with Crippen molar-refractivity contribution in [2.75, 3.05) is 20.1 Å². The summed E-state index contributed by atoms with van der Waals surface area (Å²) in [6, 6.07) is 2.00. The van der Waals surface area contributed by atoms with Crippen molar-refractivity contribution in [3.05, 3.63) is 22.6 Å². The Morgan fingerprint density at radius 1 is 1.67 bits per heavy atom. The van der Waals surface area contributed by atoms with E-state index in [1.165, 1.54) is 6.26 Å². The molecule has 84 valence electrons. The lowest BCUT2D eigenvalue weighted by Gasteiger charge is -2.35. The van der Waals surface area contributed by atoms with Gasteiger partial charge in [0.05, 0.1) is 11.6 Å². The third-order valence-electron chi connectivity index (χ3n) is 2.44. The van der Waals surface area contributed by atoms with Gasteiger partial charge in [-0.3, -0.25) is 4.79 Å². The smallest absolute Gasteiger partial charge is 0.257 e. The van der Waals surface area contributed by atoms with Crippen molar-refractivity contribution in [2.45, 2.75) is 6.04 Å². The Labute approximate surface area is 103 Å². The predicted octanol–water partition coefficient (Wildman–Crippen LogP) is 1.51. The van der Waals surface area contributed by atoms with E-state index in [1.54, 1.807) is 11.0 Å². The lowest BCUT2D eigenvalue weighted by atomic mass is 10.1. The van der Waals surface area contributed by atoms with Crippen LogP contribution in [0.4, 0.5) is 0 Å². The number of halogens is 2. The van der Waals surface area contributed by atoms with Crippen LogP contribution in [-0.2, 0) is 0 Å². The standard InChI is InChI=1S/C9H11BrN2O2.ClH/c1-12(7-3-11-4-7)9(13)6-2-8(10)14-5-6;/h2,5,7,11H,3-4H2,1H3;1H. The number of amides is 1. The highest BCUT2D eigenvalue weighted by Crippen LogP contribution is 2.16. The summed E-state index contributed by atoms with van der Waals surface area (Å²) in [7, 11) is 1.81. The molecule has 1 N–H and O–H groups in total. The van der Waals surface area contributed by atoms with Crippen molar-refractivity contribution in [3.63, 3.8) is 0 Å². The van der Waals surface area contributed by atoms with Crippen LogP contribution in [0.1, 0.15) is 10.4 Å². The topological polar surface area (TPSA) is 45.5 Å². The number of furan rings is 1. The predicted molar refractivity (Wildman–Crippen MR) is 62.4 cm³/mol. The Balaban J connectivity index is 0.00000112. The third kappa shape index (κ3) is 2.53. The van der Waals surface area contributed by atoms with Gasteiger partial charge in [-0.05, 0) is 15.9 Å². The van der Waals surface area contributed by atoms with E-state index in [9.17, 15) is 4.79 Å². The minimum atomic E-state index is 0. The summed E-state index contributed by atoms with van der Waals surface area (Å²) in [5.41, 5.74) is 0.589. The average Bonchev–Trinajstić information content (AvgIpc) is 2.47. The molecule has 1 aliphatic rings. The van der Waals surface area contributed by atoms with Gasteiger partial charge in [0.1, 0.15) is 6.26 Å². The van der Waals surface area contributed by atoms with Gasteiger partial charge in [-0.2, -0.15) is 0 Å². The van der Waals surface area contributed by atoms with Crippen molar-refractivity contribution >= 4 is 34.2 Å². The molecule has 1 saturated heterocycles. The second kappa shape index (κ2) is 5.01. The maximum absolute atomic E-state index is 11.8. The second-order valence-corrected chi connectivity index (χ2v) is 4.15. The number of hydrogen-bond donors (Lipinski definition) is 1. The summed E-state index contributed by atoms with van der Waals surface area (Å²) in [6.07, 6.45) is 1.47. The van der Waals surface area contributed by atoms with Gasteiger partial charge in [0.2, 0.25) is 0 Å². The molecule has 0 unspecified atom stereocenters. The highest BCUT2D eigenvalue weighted by Gasteiger charge is 2.26. The van der Waals surface area contributed by atoms with Crippen LogP contribution in [0, 0.1) is 0 Å². The first-order chi connectivity index (χ1) is 6.68. The summed E-state index contributed by atoms with van der Waals surface area (Å²) < 4.78 is 5.60. The fourth-order valence-electron chi connectivity index (χ4n) is 1.34. The summed E-state index contributed by atoms with van der Waals surface area (Å²) in [5.74, 6) is 0.00551. The molecule has 0 spiro atoms. The van der Waals surface area contributed by atoms with Crippen molar-refractivity contribution in [1.29, 1.82) is 0 Å². The van der Waals surface area contributed by atoms with Gasteiger partial charge in [-0.1, -0.05) is 0 Å². The highest BCUT2D eigenvalue weighted by atomic mass is 79.9. The number of likely N-dealkylation sites (N-methyl/N-ethyl adjacent to an activating group) is 1. The van der Waals surface area contributed by atoms with Gasteiger partial charge in [0.15, 0.2) is 4.67 Å². The fraction of sp³-hybridized carbons (Fsp3) is 0.444. The quantitative estimate of drug-likeness (QED) is 0.899. The average molecular weight is 296 g/mol. The van der Waals surface area contributed by atoms with Gasteiger partial charge in [0.25, 0.3) is 5.91 Å². The first-order valence-electron chi connectivity index (χ1n) is 4.40. The summed E-state index contributed by atoms with van der Waals surface area (Å²) in [4.78, 5) is 13.6. The number of hydrogen-bond acceptors (Lipinski definition) is 3. The SMILES string of the molecule is CN(C(=O)c1coc(Br)c1)C1CNC1.Cl. The van der Waals surface area contributed by atoms with Crippen LogP contribution in [-0.4, -0.2) is 37.0 Å². The number of carbonyl (C=O) groups is 1. The lowest BCUT2D eigenvalue weighted by molar-refractivity contribution is 0.0680. The zero-order chi connectivity index (χ0) is 10.1. The summed E-state index contributed by atoms with van der Waals surface area (Å²) >= 11 is 3.17. The summed E-state index contributed by atoms with van der Waals surface area (Å²) in [6.45, 7) is 1.75. The number of nitrogens with zero attached hydrogens (tertiary/aromatic N) is 1. The molecule has 15 heavy (non-hydrogen) atoms. The van der Waals surface area contributed by atoms with Crippen molar-refractivity contribution in [3.8, 4) is 0 Å². The van der Waals surface area contributed by atoms with Crippen LogP contribution in [0.5, 0.6) is 0 Å². The summed E-state index contributed by atoms with van der Waals surface area (Å²) in [5, 5.41) is 3.13. The second-order valence-electron chi connectivity index (χ2n) is 3.37. The van der Waals surface area contributed by atoms with Gasteiger partial charge in [-0.25, -0.2) is 0 Å². The zero-order valence-electron chi connectivity index (χ0n) is 8.20. The van der Waals surface area contributed by atoms with E-state index in [4.69, 9.17) is 4.42 Å². The molecule has 0 aliphatic carbocycles. The minimum absolute atomic E-state index is 0. The van der Waals surface area contributed by atoms with Crippen molar-refractivity contribution in [2.24, 2.45) is 0 Å². The largest absolute Gasteiger partial charge is 0.457 e.